The summed E-state index contributed by atoms with van der Waals surface area (Å²) in [6.07, 6.45) is 1.00. The van der Waals surface area contributed by atoms with Gasteiger partial charge in [-0.3, -0.25) is 0 Å². The lowest BCUT2D eigenvalue weighted by atomic mass is 10.5. The summed E-state index contributed by atoms with van der Waals surface area (Å²) in [5.74, 6) is -1.65. The molecule has 0 bridgehead atoms. The Kier molecular flexibility index (Phi) is 4.72. The number of sulfonamides is 1. The van der Waals surface area contributed by atoms with Gasteiger partial charge in [0.2, 0.25) is 10.0 Å². The van der Waals surface area contributed by atoms with Crippen LogP contribution in [0.15, 0.2) is 16.3 Å². The molecule has 0 saturated heterocycles. The minimum absolute atomic E-state index is 0.226. The molecule has 1 aromatic heterocycles. The number of carboxylic acids is 1. The third-order valence-electron chi connectivity index (χ3n) is 2.29. The van der Waals surface area contributed by atoms with Gasteiger partial charge in [-0.05, 0) is 11.4 Å². The largest absolute Gasteiger partial charge is 0.477 e. The summed E-state index contributed by atoms with van der Waals surface area (Å²) in [6.45, 7) is -0.226. The number of hydrogen-bond donors (Lipinski definition) is 1. The zero-order valence-electron chi connectivity index (χ0n) is 10.2. The summed E-state index contributed by atoms with van der Waals surface area (Å²) < 4.78 is 47.1. The van der Waals surface area contributed by atoms with Crippen LogP contribution in [0.3, 0.4) is 0 Å². The first-order valence-electron chi connectivity index (χ1n) is 5.00. The van der Waals surface area contributed by atoms with Crippen LogP contribution in [0, 0.1) is 0 Å². The Morgan fingerprint density at radius 2 is 1.95 bits per heavy atom. The molecule has 10 heteroatoms. The Balaban J connectivity index is 3.04. The van der Waals surface area contributed by atoms with Crippen LogP contribution < -0.4 is 0 Å². The van der Waals surface area contributed by atoms with Crippen LogP contribution >= 0.6 is 11.3 Å². The van der Waals surface area contributed by atoms with Crippen LogP contribution in [0.25, 0.3) is 0 Å². The van der Waals surface area contributed by atoms with Crippen LogP contribution in [0.5, 0.6) is 0 Å². The minimum Gasteiger partial charge on any atom is -0.477 e. The van der Waals surface area contributed by atoms with E-state index in [1.165, 1.54) is 18.5 Å². The highest BCUT2D eigenvalue weighted by Crippen LogP contribution is 2.24. The average Bonchev–Trinajstić information content (AvgIpc) is 2.74. The minimum atomic E-state index is -4.00. The molecule has 1 N–H and O–H groups in total. The molecule has 0 aliphatic carbocycles. The van der Waals surface area contributed by atoms with E-state index in [1.807, 2.05) is 0 Å². The molecule has 108 valence electrons. The zero-order valence-corrected chi connectivity index (χ0v) is 12.7. The molecule has 0 spiro atoms. The first-order chi connectivity index (χ1) is 8.55. The highest BCUT2D eigenvalue weighted by Gasteiger charge is 2.28. The van der Waals surface area contributed by atoms with Gasteiger partial charge in [-0.25, -0.2) is 21.6 Å². The smallest absolute Gasteiger partial charge is 0.347 e. The monoisotopic (exact) mass is 327 g/mol. The van der Waals surface area contributed by atoms with Crippen molar-refractivity contribution in [1.29, 1.82) is 0 Å². The Morgan fingerprint density at radius 3 is 2.42 bits per heavy atom. The molecule has 7 nitrogen and oxygen atoms in total. The average molecular weight is 327 g/mol. The number of carboxylic acid groups (broad SMARTS) is 1. The van der Waals surface area contributed by atoms with E-state index in [0.717, 1.165) is 21.9 Å². The molecule has 1 rings (SSSR count). The van der Waals surface area contributed by atoms with Gasteiger partial charge >= 0.3 is 5.97 Å². The molecule has 0 aromatic carbocycles. The van der Waals surface area contributed by atoms with E-state index in [9.17, 15) is 21.6 Å². The van der Waals surface area contributed by atoms with Gasteiger partial charge in [0.1, 0.15) is 19.6 Å². The quantitative estimate of drug-likeness (QED) is 0.794. The SMILES string of the molecule is CN(CCS(C)(=O)=O)S(=O)(=O)c1ccsc1C(=O)O. The lowest BCUT2D eigenvalue weighted by molar-refractivity contribution is 0.0698. The number of hydrogen-bond acceptors (Lipinski definition) is 6. The van der Waals surface area contributed by atoms with E-state index in [0.29, 0.717) is 0 Å². The third-order valence-corrected chi connectivity index (χ3v) is 6.14. The zero-order chi connectivity index (χ0) is 14.8. The van der Waals surface area contributed by atoms with Crippen molar-refractivity contribution in [1.82, 2.24) is 4.31 Å². The van der Waals surface area contributed by atoms with Gasteiger partial charge in [-0.2, -0.15) is 4.31 Å². The second-order valence-corrected chi connectivity index (χ2v) is 9.06. The predicted molar refractivity (Wildman–Crippen MR) is 70.8 cm³/mol. The van der Waals surface area contributed by atoms with Crippen LogP contribution in [0.4, 0.5) is 0 Å². The molecule has 0 radical (unpaired) electrons. The highest BCUT2D eigenvalue weighted by atomic mass is 32.2. The van der Waals surface area contributed by atoms with E-state index in [2.05, 4.69) is 0 Å². The van der Waals surface area contributed by atoms with Gasteiger partial charge < -0.3 is 5.11 Å². The van der Waals surface area contributed by atoms with E-state index >= 15 is 0 Å². The van der Waals surface area contributed by atoms with Crippen LogP contribution in [-0.4, -0.2) is 57.8 Å². The molecule has 0 saturated carbocycles. The Hall–Kier alpha value is -0.970. The normalized spacial score (nSPS) is 12.8. The maximum absolute atomic E-state index is 12.1. The highest BCUT2D eigenvalue weighted by molar-refractivity contribution is 7.91. The molecule has 0 unspecified atom stereocenters. The van der Waals surface area contributed by atoms with Gasteiger partial charge in [0, 0.05) is 19.8 Å². The maximum Gasteiger partial charge on any atom is 0.347 e. The predicted octanol–water partition coefficient (Wildman–Crippen LogP) is 0.111. The first-order valence-corrected chi connectivity index (χ1v) is 9.38. The van der Waals surface area contributed by atoms with Crippen LogP contribution in [0.2, 0.25) is 0 Å². The molecule has 19 heavy (non-hydrogen) atoms. The van der Waals surface area contributed by atoms with Crippen LogP contribution in [0.1, 0.15) is 9.67 Å². The first kappa shape index (κ1) is 16.1. The number of nitrogens with zero attached hydrogens (tertiary/aromatic N) is 1. The maximum atomic E-state index is 12.1. The van der Waals surface area contributed by atoms with Crippen molar-refractivity contribution in [2.45, 2.75) is 4.90 Å². The standard InChI is InChI=1S/C9H13NO6S3/c1-10(4-6-18(2,13)14)19(15,16)7-3-5-17-8(7)9(11)12/h3,5H,4,6H2,1-2H3,(H,11,12). The lowest BCUT2D eigenvalue weighted by Gasteiger charge is -2.16. The second-order valence-electron chi connectivity index (χ2n) is 3.88. The fourth-order valence-electron chi connectivity index (χ4n) is 1.24. The van der Waals surface area contributed by atoms with E-state index in [4.69, 9.17) is 5.11 Å². The van der Waals surface area contributed by atoms with E-state index in [-0.39, 0.29) is 22.1 Å². The molecular formula is C9H13NO6S3. The van der Waals surface area contributed by atoms with Gasteiger partial charge in [0.05, 0.1) is 5.75 Å². The number of sulfone groups is 1. The number of thiophene rings is 1. The van der Waals surface area contributed by atoms with Gasteiger partial charge in [0.15, 0.2) is 0 Å². The van der Waals surface area contributed by atoms with Crippen molar-refractivity contribution in [3.8, 4) is 0 Å². The molecule has 0 amide bonds. The molecular weight excluding hydrogens is 314 g/mol. The third kappa shape index (κ3) is 4.00. The summed E-state index contributed by atoms with van der Waals surface area (Å²) in [5, 5.41) is 10.3. The molecule has 0 atom stereocenters. The topological polar surface area (TPSA) is 109 Å². The number of aromatic carboxylic acids is 1. The van der Waals surface area contributed by atoms with Gasteiger partial charge in [-0.15, -0.1) is 11.3 Å². The molecule has 1 aromatic rings. The fraction of sp³-hybridized carbons (Fsp3) is 0.444. The van der Waals surface area contributed by atoms with Crippen molar-refractivity contribution in [3.63, 3.8) is 0 Å². The number of rotatable bonds is 6. The van der Waals surface area contributed by atoms with Crippen molar-refractivity contribution < 1.29 is 26.7 Å². The summed E-state index contributed by atoms with van der Waals surface area (Å²) in [4.78, 5) is 10.3. The summed E-state index contributed by atoms with van der Waals surface area (Å²) in [5.41, 5.74) is 0. The fourth-order valence-corrected chi connectivity index (χ4v) is 4.36. The Bertz CT molecular complexity index is 673. The summed E-state index contributed by atoms with van der Waals surface area (Å²) in [7, 11) is -6.08. The van der Waals surface area contributed by atoms with Crippen molar-refractivity contribution in [2.75, 3.05) is 25.6 Å². The molecule has 1 heterocycles. The number of carbonyl (C=O) groups is 1. The molecule has 0 aliphatic rings. The molecule has 0 fully saturated rings. The lowest BCUT2D eigenvalue weighted by Crippen LogP contribution is -2.32. The summed E-state index contributed by atoms with van der Waals surface area (Å²) in [6, 6.07) is 1.19. The Labute approximate surface area is 115 Å². The van der Waals surface area contributed by atoms with Crippen molar-refractivity contribution in [2.24, 2.45) is 0 Å². The second kappa shape index (κ2) is 5.57. The van der Waals surface area contributed by atoms with E-state index < -0.39 is 25.8 Å². The van der Waals surface area contributed by atoms with Gasteiger partial charge in [-0.1, -0.05) is 0 Å². The van der Waals surface area contributed by atoms with E-state index in [1.54, 1.807) is 0 Å². The molecule has 0 aliphatic heterocycles. The van der Waals surface area contributed by atoms with Crippen molar-refractivity contribution in [3.05, 3.63) is 16.3 Å². The Morgan fingerprint density at radius 1 is 1.37 bits per heavy atom. The summed E-state index contributed by atoms with van der Waals surface area (Å²) >= 11 is 0.802. The van der Waals surface area contributed by atoms with Gasteiger partial charge in [0.25, 0.3) is 0 Å². The van der Waals surface area contributed by atoms with Crippen molar-refractivity contribution >= 4 is 37.2 Å². The van der Waals surface area contributed by atoms with Crippen LogP contribution in [-0.2, 0) is 19.9 Å².